The number of barbiturate groups is 1. The van der Waals surface area contributed by atoms with Crippen molar-refractivity contribution in [2.75, 3.05) is 0 Å². The van der Waals surface area contributed by atoms with Crippen LogP contribution in [-0.2, 0) is 22.6 Å². The van der Waals surface area contributed by atoms with Gasteiger partial charge in [-0.05, 0) is 23.5 Å². The van der Waals surface area contributed by atoms with Crippen LogP contribution in [-0.4, -0.2) is 22.7 Å². The summed E-state index contributed by atoms with van der Waals surface area (Å²) in [6.45, 7) is 5.85. The fourth-order valence-electron chi connectivity index (χ4n) is 2.43. The van der Waals surface area contributed by atoms with Crippen molar-refractivity contribution in [3.63, 3.8) is 0 Å². The molecule has 1 aliphatic rings. The monoisotopic (exact) mass is 288 g/mol. The number of rotatable bonds is 4. The summed E-state index contributed by atoms with van der Waals surface area (Å²) < 4.78 is 0. The highest BCUT2D eigenvalue weighted by Crippen LogP contribution is 2.20. The fourth-order valence-corrected chi connectivity index (χ4v) is 2.43. The first-order chi connectivity index (χ1) is 9.93. The van der Waals surface area contributed by atoms with Gasteiger partial charge in [-0.3, -0.25) is 19.8 Å². The van der Waals surface area contributed by atoms with Crippen molar-refractivity contribution in [1.82, 2.24) is 10.2 Å². The lowest BCUT2D eigenvalue weighted by atomic mass is 9.92. The van der Waals surface area contributed by atoms with Gasteiger partial charge in [-0.2, -0.15) is 0 Å². The summed E-state index contributed by atoms with van der Waals surface area (Å²) in [5.41, 5.74) is 2.07. The van der Waals surface area contributed by atoms with Gasteiger partial charge < -0.3 is 0 Å². The molecular formula is C16H20N2O3. The number of hydrogen-bond acceptors (Lipinski definition) is 3. The Kier molecular flexibility index (Phi) is 4.40. The molecule has 1 unspecified atom stereocenters. The summed E-state index contributed by atoms with van der Waals surface area (Å²) in [4.78, 5) is 37.1. The summed E-state index contributed by atoms with van der Waals surface area (Å²) in [5.74, 6) is -1.86. The summed E-state index contributed by atoms with van der Waals surface area (Å²) in [6.07, 6.45) is 0.938. The van der Waals surface area contributed by atoms with Crippen LogP contribution in [0.2, 0.25) is 0 Å². The van der Waals surface area contributed by atoms with E-state index in [1.54, 1.807) is 13.8 Å². The van der Waals surface area contributed by atoms with E-state index < -0.39 is 23.8 Å². The van der Waals surface area contributed by atoms with Crippen LogP contribution in [0.5, 0.6) is 0 Å². The molecule has 0 saturated carbocycles. The first-order valence-corrected chi connectivity index (χ1v) is 7.18. The molecule has 1 N–H and O–H groups in total. The summed E-state index contributed by atoms with van der Waals surface area (Å²) >= 11 is 0. The maximum atomic E-state index is 12.4. The van der Waals surface area contributed by atoms with Crippen molar-refractivity contribution < 1.29 is 14.4 Å². The van der Waals surface area contributed by atoms with Gasteiger partial charge >= 0.3 is 6.03 Å². The van der Waals surface area contributed by atoms with Crippen molar-refractivity contribution in [3.8, 4) is 0 Å². The smallest absolute Gasteiger partial charge is 0.277 e. The van der Waals surface area contributed by atoms with E-state index in [0.29, 0.717) is 0 Å². The molecule has 1 saturated heterocycles. The van der Waals surface area contributed by atoms with E-state index in [0.717, 1.165) is 16.9 Å². The highest BCUT2D eigenvalue weighted by atomic mass is 16.2. The van der Waals surface area contributed by atoms with E-state index >= 15 is 0 Å². The second-order valence-electron chi connectivity index (χ2n) is 5.61. The van der Waals surface area contributed by atoms with Gasteiger partial charge in [-0.15, -0.1) is 0 Å². The molecule has 5 heteroatoms. The normalized spacial score (nSPS) is 19.1. The molecule has 0 bridgehead atoms. The maximum Gasteiger partial charge on any atom is 0.331 e. The van der Waals surface area contributed by atoms with Crippen LogP contribution in [0.4, 0.5) is 4.79 Å². The Labute approximate surface area is 124 Å². The first-order valence-electron chi connectivity index (χ1n) is 7.18. The van der Waals surface area contributed by atoms with Crippen molar-refractivity contribution in [2.45, 2.75) is 33.7 Å². The molecule has 1 fully saturated rings. The van der Waals surface area contributed by atoms with Gasteiger partial charge in [0.2, 0.25) is 11.8 Å². The van der Waals surface area contributed by atoms with E-state index in [9.17, 15) is 14.4 Å². The Hall–Kier alpha value is -2.17. The third-order valence-corrected chi connectivity index (χ3v) is 3.73. The number of urea groups is 1. The third kappa shape index (κ3) is 3.12. The molecule has 1 aliphatic heterocycles. The van der Waals surface area contributed by atoms with Gasteiger partial charge in [0, 0.05) is 0 Å². The van der Waals surface area contributed by atoms with Gasteiger partial charge in [0.1, 0.15) is 5.92 Å². The average Bonchev–Trinajstić information content (AvgIpc) is 2.43. The van der Waals surface area contributed by atoms with Gasteiger partial charge in [0.05, 0.1) is 6.54 Å². The molecule has 2 rings (SSSR count). The molecule has 4 amide bonds. The Bertz CT molecular complexity index is 563. The third-order valence-electron chi connectivity index (χ3n) is 3.73. The molecule has 5 nitrogen and oxygen atoms in total. The number of nitrogens with zero attached hydrogens (tertiary/aromatic N) is 1. The second kappa shape index (κ2) is 6.08. The van der Waals surface area contributed by atoms with E-state index in [2.05, 4.69) is 12.2 Å². The van der Waals surface area contributed by atoms with Crippen LogP contribution < -0.4 is 5.32 Å². The van der Waals surface area contributed by atoms with Crippen molar-refractivity contribution >= 4 is 17.8 Å². The molecule has 1 atom stereocenters. The minimum atomic E-state index is -0.794. The molecule has 112 valence electrons. The number of carbonyl (C=O) groups excluding carboxylic acids is 3. The molecule has 21 heavy (non-hydrogen) atoms. The Balaban J connectivity index is 2.18. The fraction of sp³-hybridized carbons (Fsp3) is 0.438. The zero-order valence-electron chi connectivity index (χ0n) is 12.6. The Morgan fingerprint density at radius 2 is 1.67 bits per heavy atom. The number of nitrogens with one attached hydrogen (secondary N) is 1. The molecule has 0 radical (unpaired) electrons. The topological polar surface area (TPSA) is 66.5 Å². The summed E-state index contributed by atoms with van der Waals surface area (Å²) in [6, 6.07) is 7.13. The minimum Gasteiger partial charge on any atom is -0.277 e. The van der Waals surface area contributed by atoms with E-state index in [1.807, 2.05) is 24.3 Å². The van der Waals surface area contributed by atoms with Crippen molar-refractivity contribution in [2.24, 2.45) is 11.8 Å². The Morgan fingerprint density at radius 3 is 2.19 bits per heavy atom. The largest absolute Gasteiger partial charge is 0.331 e. The average molecular weight is 288 g/mol. The van der Waals surface area contributed by atoms with Gasteiger partial charge in [0.15, 0.2) is 0 Å². The van der Waals surface area contributed by atoms with Crippen LogP contribution in [0.15, 0.2) is 24.3 Å². The van der Waals surface area contributed by atoms with Gasteiger partial charge in [0.25, 0.3) is 0 Å². The number of hydrogen-bond donors (Lipinski definition) is 1. The lowest BCUT2D eigenvalue weighted by Crippen LogP contribution is -2.58. The van der Waals surface area contributed by atoms with Gasteiger partial charge in [-0.25, -0.2) is 4.79 Å². The quantitative estimate of drug-likeness (QED) is 0.863. The molecule has 1 aromatic carbocycles. The summed E-state index contributed by atoms with van der Waals surface area (Å²) in [7, 11) is 0. The predicted molar refractivity (Wildman–Crippen MR) is 78.2 cm³/mol. The van der Waals surface area contributed by atoms with E-state index in [1.165, 1.54) is 5.56 Å². The number of amides is 4. The Morgan fingerprint density at radius 1 is 1.10 bits per heavy atom. The predicted octanol–water partition coefficient (Wildman–Crippen LogP) is 2.10. The van der Waals surface area contributed by atoms with E-state index in [4.69, 9.17) is 0 Å². The first kappa shape index (κ1) is 15.2. The lowest BCUT2D eigenvalue weighted by molar-refractivity contribution is -0.144. The number of aryl methyl sites for hydroxylation is 1. The van der Waals surface area contributed by atoms with Crippen molar-refractivity contribution in [1.29, 1.82) is 0 Å². The zero-order valence-corrected chi connectivity index (χ0v) is 12.6. The zero-order chi connectivity index (χ0) is 15.6. The molecule has 0 spiro atoms. The SMILES string of the molecule is CCc1ccc(CN2C(=O)NC(=O)C(C(C)C)C2=O)cc1. The standard InChI is InChI=1S/C16H20N2O3/c1-4-11-5-7-12(8-6-11)9-18-15(20)13(10(2)3)14(19)17-16(18)21/h5-8,10,13H,4,9H2,1-3H3,(H,17,19,21). The number of benzene rings is 1. The minimum absolute atomic E-state index is 0.143. The number of carbonyl (C=O) groups is 3. The molecule has 0 aliphatic carbocycles. The molecular weight excluding hydrogens is 268 g/mol. The molecule has 0 aromatic heterocycles. The van der Waals surface area contributed by atoms with Crippen LogP contribution in [0.3, 0.4) is 0 Å². The van der Waals surface area contributed by atoms with Gasteiger partial charge in [-0.1, -0.05) is 45.0 Å². The van der Waals surface area contributed by atoms with Crippen LogP contribution in [0.25, 0.3) is 0 Å². The van der Waals surface area contributed by atoms with Crippen molar-refractivity contribution in [3.05, 3.63) is 35.4 Å². The highest BCUT2D eigenvalue weighted by molar-refractivity contribution is 6.16. The maximum absolute atomic E-state index is 12.4. The summed E-state index contributed by atoms with van der Waals surface area (Å²) in [5, 5.41) is 2.26. The van der Waals surface area contributed by atoms with E-state index in [-0.39, 0.29) is 12.5 Å². The number of imide groups is 2. The molecule has 1 aromatic rings. The molecule has 1 heterocycles. The van der Waals surface area contributed by atoms with Crippen LogP contribution >= 0.6 is 0 Å². The second-order valence-corrected chi connectivity index (χ2v) is 5.61. The lowest BCUT2D eigenvalue weighted by Gasteiger charge is -2.31. The van der Waals surface area contributed by atoms with Crippen LogP contribution in [0, 0.1) is 11.8 Å². The highest BCUT2D eigenvalue weighted by Gasteiger charge is 2.41. The van der Waals surface area contributed by atoms with Crippen LogP contribution in [0.1, 0.15) is 31.9 Å².